The number of amides is 1. The number of oxazole rings is 1. The van der Waals surface area contributed by atoms with Gasteiger partial charge in [-0.05, 0) is 56.8 Å². The number of hydrogen-bond donors (Lipinski definition) is 1. The Kier molecular flexibility index (Phi) is 3.77. The molecule has 5 heteroatoms. The molecule has 6 rings (SSSR count). The molecular formula is C20H25N3O2. The molecule has 1 atom stereocenters. The van der Waals surface area contributed by atoms with E-state index in [0.717, 1.165) is 36.4 Å². The second kappa shape index (κ2) is 6.13. The molecule has 3 saturated heterocycles. The molecule has 1 aromatic heterocycles. The summed E-state index contributed by atoms with van der Waals surface area (Å²) < 4.78 is 5.98. The molecule has 4 fully saturated rings. The lowest BCUT2D eigenvalue weighted by Gasteiger charge is -2.44. The molecule has 4 aliphatic rings. The van der Waals surface area contributed by atoms with Crippen molar-refractivity contribution in [3.05, 3.63) is 29.7 Å². The van der Waals surface area contributed by atoms with Crippen LogP contribution < -0.4 is 5.32 Å². The van der Waals surface area contributed by atoms with Gasteiger partial charge in [0.1, 0.15) is 5.52 Å². The summed E-state index contributed by atoms with van der Waals surface area (Å²) in [5, 5.41) is 3.28. The van der Waals surface area contributed by atoms with Crippen LogP contribution in [-0.4, -0.2) is 41.5 Å². The number of piperidine rings is 3. The predicted molar refractivity (Wildman–Crippen MR) is 95.6 cm³/mol. The second-order valence-electron chi connectivity index (χ2n) is 7.90. The van der Waals surface area contributed by atoms with Crippen LogP contribution >= 0.6 is 0 Å². The van der Waals surface area contributed by atoms with E-state index in [4.69, 9.17) is 9.40 Å². The summed E-state index contributed by atoms with van der Waals surface area (Å²) in [7, 11) is 0. The molecule has 0 unspecified atom stereocenters. The first-order valence-corrected chi connectivity index (χ1v) is 9.70. The number of hydrogen-bond acceptors (Lipinski definition) is 4. The van der Waals surface area contributed by atoms with Gasteiger partial charge in [-0.2, -0.15) is 0 Å². The fraction of sp³-hybridized carbons (Fsp3) is 0.600. The van der Waals surface area contributed by atoms with Gasteiger partial charge < -0.3 is 14.6 Å². The van der Waals surface area contributed by atoms with Crippen molar-refractivity contribution in [2.75, 3.05) is 19.6 Å². The largest absolute Gasteiger partial charge is 0.440 e. The van der Waals surface area contributed by atoms with E-state index in [2.05, 4.69) is 10.2 Å². The van der Waals surface area contributed by atoms with Gasteiger partial charge in [0.2, 0.25) is 0 Å². The number of carbonyl (C=O) groups excluding carboxylic acids is 1. The first kappa shape index (κ1) is 15.4. The molecule has 1 amide bonds. The van der Waals surface area contributed by atoms with Gasteiger partial charge in [0, 0.05) is 18.5 Å². The normalized spacial score (nSPS) is 29.4. The van der Waals surface area contributed by atoms with E-state index in [0.29, 0.717) is 17.4 Å². The summed E-state index contributed by atoms with van der Waals surface area (Å²) >= 11 is 0. The molecule has 0 spiro atoms. The first-order valence-electron chi connectivity index (χ1n) is 9.70. The summed E-state index contributed by atoms with van der Waals surface area (Å²) in [6.45, 7) is 3.35. The van der Waals surface area contributed by atoms with Gasteiger partial charge in [0.25, 0.3) is 5.91 Å². The van der Waals surface area contributed by atoms with Crippen molar-refractivity contribution >= 4 is 17.0 Å². The Bertz CT molecular complexity index is 785. The van der Waals surface area contributed by atoms with Gasteiger partial charge in [-0.1, -0.05) is 18.9 Å². The monoisotopic (exact) mass is 339 g/mol. The van der Waals surface area contributed by atoms with Gasteiger partial charge >= 0.3 is 0 Å². The molecular weight excluding hydrogens is 314 g/mol. The van der Waals surface area contributed by atoms with Crippen molar-refractivity contribution in [2.45, 2.75) is 50.5 Å². The van der Waals surface area contributed by atoms with Crippen LogP contribution in [0.15, 0.2) is 22.6 Å². The van der Waals surface area contributed by atoms with Gasteiger partial charge in [-0.25, -0.2) is 4.98 Å². The van der Waals surface area contributed by atoms with Crippen molar-refractivity contribution in [2.24, 2.45) is 5.92 Å². The smallest absolute Gasteiger partial charge is 0.253 e. The molecule has 1 saturated carbocycles. The Balaban J connectivity index is 1.40. The minimum Gasteiger partial charge on any atom is -0.440 e. The lowest BCUT2D eigenvalue weighted by atomic mass is 9.84. The van der Waals surface area contributed by atoms with Crippen LogP contribution in [0, 0.1) is 5.92 Å². The third-order valence-corrected chi connectivity index (χ3v) is 6.36. The van der Waals surface area contributed by atoms with Crippen LogP contribution in [0.25, 0.3) is 11.1 Å². The standard InChI is InChI=1S/C20H25N3O2/c24-19(21-16-12-23-10-8-13(16)9-11-23)15-6-3-7-17-18(15)22-20(25-17)14-4-1-2-5-14/h3,6-7,13-14,16H,1-2,4-5,8-12H2,(H,21,24)/t16-/m1/s1. The van der Waals surface area contributed by atoms with Crippen molar-refractivity contribution in [1.29, 1.82) is 0 Å². The molecule has 1 aromatic carbocycles. The quantitative estimate of drug-likeness (QED) is 0.932. The van der Waals surface area contributed by atoms with E-state index >= 15 is 0 Å². The summed E-state index contributed by atoms with van der Waals surface area (Å²) in [6, 6.07) is 5.97. The number of aromatic nitrogens is 1. The average molecular weight is 339 g/mol. The highest BCUT2D eigenvalue weighted by Crippen LogP contribution is 2.35. The molecule has 1 N–H and O–H groups in total. The zero-order chi connectivity index (χ0) is 16.8. The summed E-state index contributed by atoms with van der Waals surface area (Å²) in [4.78, 5) is 20.1. The predicted octanol–water partition coefficient (Wildman–Crippen LogP) is 3.31. The van der Waals surface area contributed by atoms with Crippen molar-refractivity contribution in [3.8, 4) is 0 Å². The van der Waals surface area contributed by atoms with Gasteiger partial charge in [0.15, 0.2) is 11.5 Å². The van der Waals surface area contributed by atoms with Gasteiger partial charge in [-0.3, -0.25) is 4.79 Å². The maximum Gasteiger partial charge on any atom is 0.253 e. The van der Waals surface area contributed by atoms with Crippen LogP contribution in [0.5, 0.6) is 0 Å². The second-order valence-corrected chi connectivity index (χ2v) is 7.90. The molecule has 4 heterocycles. The Morgan fingerprint density at radius 1 is 1.16 bits per heavy atom. The molecule has 1 aliphatic carbocycles. The lowest BCUT2D eigenvalue weighted by molar-refractivity contribution is 0.0621. The fourth-order valence-corrected chi connectivity index (χ4v) is 4.87. The summed E-state index contributed by atoms with van der Waals surface area (Å²) in [5.41, 5.74) is 2.12. The van der Waals surface area contributed by atoms with E-state index in [1.807, 2.05) is 18.2 Å². The van der Waals surface area contributed by atoms with Gasteiger partial charge in [-0.15, -0.1) is 0 Å². The maximum atomic E-state index is 12.9. The maximum absolute atomic E-state index is 12.9. The topological polar surface area (TPSA) is 58.4 Å². The summed E-state index contributed by atoms with van der Waals surface area (Å²) in [6.07, 6.45) is 7.18. The molecule has 0 radical (unpaired) electrons. The van der Waals surface area contributed by atoms with E-state index in [-0.39, 0.29) is 11.9 Å². The van der Waals surface area contributed by atoms with E-state index < -0.39 is 0 Å². The van der Waals surface area contributed by atoms with Crippen LogP contribution in [0.4, 0.5) is 0 Å². The van der Waals surface area contributed by atoms with Crippen LogP contribution in [0.3, 0.4) is 0 Å². The summed E-state index contributed by atoms with van der Waals surface area (Å²) in [5.74, 6) is 1.86. The molecule has 5 nitrogen and oxygen atoms in total. The highest BCUT2D eigenvalue weighted by atomic mass is 16.3. The minimum atomic E-state index is -0.00405. The zero-order valence-electron chi connectivity index (χ0n) is 14.5. The molecule has 2 aromatic rings. The lowest BCUT2D eigenvalue weighted by Crippen LogP contribution is -2.57. The number of benzene rings is 1. The third-order valence-electron chi connectivity index (χ3n) is 6.36. The van der Waals surface area contributed by atoms with E-state index in [1.165, 1.54) is 38.8 Å². The highest BCUT2D eigenvalue weighted by Gasteiger charge is 2.35. The Morgan fingerprint density at radius 3 is 2.68 bits per heavy atom. The Labute approximate surface area is 147 Å². The molecule has 2 bridgehead atoms. The first-order chi connectivity index (χ1) is 12.3. The van der Waals surface area contributed by atoms with Crippen LogP contribution in [0.2, 0.25) is 0 Å². The Hall–Kier alpha value is -1.88. The van der Waals surface area contributed by atoms with Gasteiger partial charge in [0.05, 0.1) is 5.56 Å². The van der Waals surface area contributed by atoms with Crippen molar-refractivity contribution in [3.63, 3.8) is 0 Å². The average Bonchev–Trinajstić information content (AvgIpc) is 3.31. The fourth-order valence-electron chi connectivity index (χ4n) is 4.87. The van der Waals surface area contributed by atoms with Crippen molar-refractivity contribution in [1.82, 2.24) is 15.2 Å². The number of fused-ring (bicyclic) bond motifs is 4. The number of para-hydroxylation sites is 1. The molecule has 132 valence electrons. The number of nitrogens with zero attached hydrogens (tertiary/aromatic N) is 2. The minimum absolute atomic E-state index is 0.00405. The highest BCUT2D eigenvalue weighted by molar-refractivity contribution is 6.04. The number of carbonyl (C=O) groups is 1. The third kappa shape index (κ3) is 2.74. The SMILES string of the molecule is O=C(N[C@@H]1CN2CCC1CC2)c1cccc2oc(C3CCCC3)nc12. The van der Waals surface area contributed by atoms with Crippen LogP contribution in [-0.2, 0) is 0 Å². The van der Waals surface area contributed by atoms with Crippen molar-refractivity contribution < 1.29 is 9.21 Å². The Morgan fingerprint density at radius 2 is 1.96 bits per heavy atom. The van der Waals surface area contributed by atoms with E-state index in [1.54, 1.807) is 0 Å². The van der Waals surface area contributed by atoms with Crippen LogP contribution in [0.1, 0.15) is 60.7 Å². The molecule has 3 aliphatic heterocycles. The number of rotatable bonds is 3. The molecule has 25 heavy (non-hydrogen) atoms. The number of nitrogens with one attached hydrogen (secondary N) is 1. The zero-order valence-corrected chi connectivity index (χ0v) is 14.5. The van der Waals surface area contributed by atoms with E-state index in [9.17, 15) is 4.79 Å².